The molecule has 26 heavy (non-hydrogen) atoms. The van der Waals surface area contributed by atoms with Gasteiger partial charge >= 0.3 is 6.03 Å². The van der Waals surface area contributed by atoms with E-state index in [-0.39, 0.29) is 6.03 Å². The average molecular weight is 348 g/mol. The summed E-state index contributed by atoms with van der Waals surface area (Å²) in [6, 6.07) is 21.5. The Morgan fingerprint density at radius 1 is 0.885 bits per heavy atom. The standard InChI is InChI=1S/C22H24N2O2/c1-15(2)20-10-6-7-11-21(20)26-16(3)23-22(25)24-19-13-12-17-8-4-5-9-18(17)14-19/h4-16H,1-3H3,(H2,23,24,25). The van der Waals surface area contributed by atoms with Crippen molar-refractivity contribution >= 4 is 22.5 Å². The lowest BCUT2D eigenvalue weighted by Gasteiger charge is -2.20. The molecule has 3 aromatic carbocycles. The van der Waals surface area contributed by atoms with Gasteiger partial charge in [-0.3, -0.25) is 0 Å². The van der Waals surface area contributed by atoms with E-state index in [0.717, 1.165) is 27.8 Å². The molecule has 0 aromatic heterocycles. The van der Waals surface area contributed by atoms with E-state index in [0.29, 0.717) is 5.92 Å². The van der Waals surface area contributed by atoms with E-state index in [4.69, 9.17) is 4.74 Å². The molecule has 0 aliphatic carbocycles. The minimum atomic E-state index is -0.449. The second-order valence-electron chi connectivity index (χ2n) is 6.61. The summed E-state index contributed by atoms with van der Waals surface area (Å²) < 4.78 is 5.91. The predicted octanol–water partition coefficient (Wildman–Crippen LogP) is 5.51. The maximum atomic E-state index is 12.3. The number of nitrogens with one attached hydrogen (secondary N) is 2. The van der Waals surface area contributed by atoms with Crippen LogP contribution in [0.2, 0.25) is 0 Å². The number of ether oxygens (including phenoxy) is 1. The van der Waals surface area contributed by atoms with E-state index in [1.54, 1.807) is 0 Å². The lowest BCUT2D eigenvalue weighted by Crippen LogP contribution is -2.39. The SMILES string of the molecule is CC(NC(=O)Nc1ccc2ccccc2c1)Oc1ccccc1C(C)C. The molecular formula is C22H24N2O2. The number of amides is 2. The van der Waals surface area contributed by atoms with Crippen molar-refractivity contribution in [1.82, 2.24) is 5.32 Å². The van der Waals surface area contributed by atoms with Gasteiger partial charge in [-0.15, -0.1) is 0 Å². The summed E-state index contributed by atoms with van der Waals surface area (Å²) in [4.78, 5) is 12.3. The number of anilines is 1. The van der Waals surface area contributed by atoms with Crippen molar-refractivity contribution in [2.24, 2.45) is 0 Å². The number of carbonyl (C=O) groups is 1. The van der Waals surface area contributed by atoms with E-state index < -0.39 is 6.23 Å². The van der Waals surface area contributed by atoms with Gasteiger partial charge in [0.1, 0.15) is 5.75 Å². The lowest BCUT2D eigenvalue weighted by molar-refractivity contribution is 0.181. The predicted molar refractivity (Wildman–Crippen MR) is 107 cm³/mol. The smallest absolute Gasteiger partial charge is 0.322 e. The molecule has 4 heteroatoms. The highest BCUT2D eigenvalue weighted by atomic mass is 16.5. The molecule has 0 bridgehead atoms. The summed E-state index contributed by atoms with van der Waals surface area (Å²) in [5.74, 6) is 1.14. The molecule has 0 saturated carbocycles. The van der Waals surface area contributed by atoms with Crippen LogP contribution in [0.25, 0.3) is 10.8 Å². The van der Waals surface area contributed by atoms with Crippen LogP contribution in [-0.4, -0.2) is 12.3 Å². The van der Waals surface area contributed by atoms with E-state index in [1.807, 2.05) is 73.7 Å². The van der Waals surface area contributed by atoms with E-state index in [1.165, 1.54) is 0 Å². The molecule has 0 fully saturated rings. The number of hydrogen-bond acceptors (Lipinski definition) is 2. The van der Waals surface area contributed by atoms with Crippen LogP contribution in [0.1, 0.15) is 32.3 Å². The van der Waals surface area contributed by atoms with Gasteiger partial charge in [-0.05, 0) is 47.4 Å². The Bertz CT molecular complexity index is 905. The minimum Gasteiger partial charge on any atom is -0.471 e. The molecule has 3 aromatic rings. The fraction of sp³-hybridized carbons (Fsp3) is 0.227. The first-order valence-electron chi connectivity index (χ1n) is 8.85. The first-order chi connectivity index (χ1) is 12.5. The average Bonchev–Trinajstić information content (AvgIpc) is 2.61. The third-order valence-electron chi connectivity index (χ3n) is 4.19. The number of carbonyl (C=O) groups excluding carboxylic acids is 1. The van der Waals surface area contributed by atoms with Crippen LogP contribution in [0.5, 0.6) is 5.75 Å². The van der Waals surface area contributed by atoms with Crippen LogP contribution >= 0.6 is 0 Å². The third-order valence-corrected chi connectivity index (χ3v) is 4.19. The maximum absolute atomic E-state index is 12.3. The first kappa shape index (κ1) is 17.8. The summed E-state index contributed by atoms with van der Waals surface area (Å²) in [5.41, 5.74) is 1.87. The summed E-state index contributed by atoms with van der Waals surface area (Å²) in [6.07, 6.45) is -0.449. The number of benzene rings is 3. The topological polar surface area (TPSA) is 50.4 Å². The van der Waals surface area contributed by atoms with Gasteiger partial charge in [0.15, 0.2) is 6.23 Å². The number of para-hydroxylation sites is 1. The first-order valence-corrected chi connectivity index (χ1v) is 8.85. The molecule has 0 aliphatic heterocycles. The Labute approximate surface area is 154 Å². The van der Waals surface area contributed by atoms with Crippen LogP contribution in [0.3, 0.4) is 0 Å². The van der Waals surface area contributed by atoms with Crippen molar-refractivity contribution in [3.05, 3.63) is 72.3 Å². The van der Waals surface area contributed by atoms with Gasteiger partial charge in [-0.2, -0.15) is 0 Å². The summed E-state index contributed by atoms with van der Waals surface area (Å²) in [7, 11) is 0. The fourth-order valence-corrected chi connectivity index (χ4v) is 2.90. The van der Waals surface area contributed by atoms with Gasteiger partial charge < -0.3 is 15.4 Å². The van der Waals surface area contributed by atoms with Crippen molar-refractivity contribution in [2.75, 3.05) is 5.32 Å². The highest BCUT2D eigenvalue weighted by molar-refractivity contribution is 5.93. The van der Waals surface area contributed by atoms with Crippen molar-refractivity contribution in [3.8, 4) is 5.75 Å². The van der Waals surface area contributed by atoms with Gasteiger partial charge in [0.05, 0.1) is 0 Å². The van der Waals surface area contributed by atoms with Crippen molar-refractivity contribution in [1.29, 1.82) is 0 Å². The fourth-order valence-electron chi connectivity index (χ4n) is 2.90. The molecule has 0 radical (unpaired) electrons. The number of fused-ring (bicyclic) bond motifs is 1. The molecule has 3 rings (SSSR count). The van der Waals surface area contributed by atoms with Crippen LogP contribution in [0.4, 0.5) is 10.5 Å². The summed E-state index contributed by atoms with van der Waals surface area (Å²) in [6.45, 7) is 6.05. The second kappa shape index (κ2) is 7.91. The monoisotopic (exact) mass is 348 g/mol. The van der Waals surface area contributed by atoms with Gasteiger partial charge in [0, 0.05) is 5.69 Å². The van der Waals surface area contributed by atoms with Crippen LogP contribution in [0, 0.1) is 0 Å². The largest absolute Gasteiger partial charge is 0.471 e. The molecule has 0 aliphatic rings. The van der Waals surface area contributed by atoms with Gasteiger partial charge in [0.25, 0.3) is 0 Å². The Morgan fingerprint density at radius 3 is 2.35 bits per heavy atom. The van der Waals surface area contributed by atoms with Gasteiger partial charge in [-0.25, -0.2) is 4.79 Å². The Kier molecular flexibility index (Phi) is 5.42. The van der Waals surface area contributed by atoms with Crippen molar-refractivity contribution < 1.29 is 9.53 Å². The van der Waals surface area contributed by atoms with E-state index >= 15 is 0 Å². The van der Waals surface area contributed by atoms with E-state index in [2.05, 4.69) is 24.5 Å². The maximum Gasteiger partial charge on any atom is 0.322 e. The zero-order valence-corrected chi connectivity index (χ0v) is 15.3. The molecule has 2 amide bonds. The normalized spacial score (nSPS) is 12.0. The molecule has 1 unspecified atom stereocenters. The Morgan fingerprint density at radius 2 is 1.58 bits per heavy atom. The number of urea groups is 1. The zero-order valence-electron chi connectivity index (χ0n) is 15.3. The van der Waals surface area contributed by atoms with Gasteiger partial charge in [0.2, 0.25) is 0 Å². The molecule has 0 spiro atoms. The molecule has 0 saturated heterocycles. The van der Waals surface area contributed by atoms with Crippen molar-refractivity contribution in [2.45, 2.75) is 32.9 Å². The molecule has 2 N–H and O–H groups in total. The minimum absolute atomic E-state index is 0.296. The number of hydrogen-bond donors (Lipinski definition) is 2. The van der Waals surface area contributed by atoms with Gasteiger partial charge in [-0.1, -0.05) is 62.4 Å². The molecular weight excluding hydrogens is 324 g/mol. The van der Waals surface area contributed by atoms with Crippen LogP contribution in [-0.2, 0) is 0 Å². The van der Waals surface area contributed by atoms with Crippen LogP contribution in [0.15, 0.2) is 66.7 Å². The highest BCUT2D eigenvalue weighted by Gasteiger charge is 2.12. The lowest BCUT2D eigenvalue weighted by atomic mass is 10.0. The number of rotatable bonds is 5. The molecule has 134 valence electrons. The summed E-state index contributed by atoms with van der Waals surface area (Å²) in [5, 5.41) is 7.90. The van der Waals surface area contributed by atoms with E-state index in [9.17, 15) is 4.79 Å². The van der Waals surface area contributed by atoms with Crippen LogP contribution < -0.4 is 15.4 Å². The molecule has 0 heterocycles. The highest BCUT2D eigenvalue weighted by Crippen LogP contribution is 2.26. The summed E-state index contributed by atoms with van der Waals surface area (Å²) >= 11 is 0. The Balaban J connectivity index is 1.62. The third kappa shape index (κ3) is 4.33. The van der Waals surface area contributed by atoms with Crippen molar-refractivity contribution in [3.63, 3.8) is 0 Å². The molecule has 4 nitrogen and oxygen atoms in total. The quantitative estimate of drug-likeness (QED) is 0.597. The Hall–Kier alpha value is -3.01. The zero-order chi connectivity index (χ0) is 18.5. The second-order valence-corrected chi connectivity index (χ2v) is 6.61. The molecule has 1 atom stereocenters.